The van der Waals surface area contributed by atoms with Crippen LogP contribution in [0, 0.1) is 34.5 Å². The molecule has 0 aromatic rings. The fourth-order valence-electron chi connectivity index (χ4n) is 6.79. The number of epoxide rings is 1. The Kier molecular flexibility index (Phi) is 2.58. The fraction of sp³-hybridized carbons (Fsp3) is 0.750. The van der Waals surface area contributed by atoms with Crippen LogP contribution in [-0.2, 0) is 9.53 Å². The number of aliphatic hydroxyl groups is 2. The summed E-state index contributed by atoms with van der Waals surface area (Å²) in [6, 6.07) is 0. The van der Waals surface area contributed by atoms with E-state index in [1.807, 2.05) is 13.0 Å². The third-order valence-electron chi connectivity index (χ3n) is 8.12. The molecule has 4 nitrogen and oxygen atoms in total. The van der Waals surface area contributed by atoms with Gasteiger partial charge in [-0.1, -0.05) is 32.9 Å². The quantitative estimate of drug-likeness (QED) is 0.569. The van der Waals surface area contributed by atoms with Gasteiger partial charge in [0.15, 0.2) is 5.78 Å². The number of carbonyl (C=O) groups is 1. The largest absolute Gasteiger partial charge is 0.392 e. The fourth-order valence-corrected chi connectivity index (χ4v) is 6.79. The maximum Gasteiger partial charge on any atom is 0.153 e. The number of carbonyl (C=O) groups excluding carboxylic acids is 1. The van der Waals surface area contributed by atoms with Crippen molar-refractivity contribution in [1.29, 1.82) is 0 Å². The molecule has 1 saturated heterocycles. The summed E-state index contributed by atoms with van der Waals surface area (Å²) in [6.07, 6.45) is 3.90. The van der Waals surface area contributed by atoms with E-state index < -0.39 is 17.1 Å². The Labute approximate surface area is 142 Å². The van der Waals surface area contributed by atoms with Crippen molar-refractivity contribution in [2.45, 2.75) is 51.9 Å². The van der Waals surface area contributed by atoms with Gasteiger partial charge in [-0.3, -0.25) is 4.79 Å². The summed E-state index contributed by atoms with van der Waals surface area (Å²) in [7, 11) is 0. The zero-order valence-corrected chi connectivity index (χ0v) is 14.7. The number of aliphatic hydroxyl groups excluding tert-OH is 2. The summed E-state index contributed by atoms with van der Waals surface area (Å²) in [4.78, 5) is 13.8. The molecule has 0 radical (unpaired) electrons. The normalized spacial score (nSPS) is 56.2. The lowest BCUT2D eigenvalue weighted by Crippen LogP contribution is -2.54. The summed E-state index contributed by atoms with van der Waals surface area (Å²) in [5.41, 5.74) is 0.149. The van der Waals surface area contributed by atoms with E-state index in [9.17, 15) is 15.0 Å². The van der Waals surface area contributed by atoms with Crippen LogP contribution in [0.15, 0.2) is 23.3 Å². The lowest BCUT2D eigenvalue weighted by atomic mass is 9.61. The van der Waals surface area contributed by atoms with Gasteiger partial charge in [-0.15, -0.1) is 0 Å². The highest BCUT2D eigenvalue weighted by atomic mass is 16.6. The predicted octanol–water partition coefficient (Wildman–Crippen LogP) is 1.86. The van der Waals surface area contributed by atoms with Crippen LogP contribution in [0.25, 0.3) is 0 Å². The molecule has 0 amide bonds. The van der Waals surface area contributed by atoms with Crippen molar-refractivity contribution in [2.24, 2.45) is 34.5 Å². The monoisotopic (exact) mass is 330 g/mol. The number of ketones is 1. The Balaban J connectivity index is 1.76. The van der Waals surface area contributed by atoms with E-state index in [-0.39, 0.29) is 35.7 Å². The molecular formula is C20H26O4. The zero-order valence-electron chi connectivity index (χ0n) is 14.7. The molecule has 3 fully saturated rings. The first-order valence-corrected chi connectivity index (χ1v) is 9.14. The Hall–Kier alpha value is -0.970. The van der Waals surface area contributed by atoms with Gasteiger partial charge < -0.3 is 14.9 Å². The van der Waals surface area contributed by atoms with Gasteiger partial charge in [-0.2, -0.15) is 0 Å². The van der Waals surface area contributed by atoms with Crippen molar-refractivity contribution in [3.63, 3.8) is 0 Å². The average molecular weight is 330 g/mol. The molecule has 1 heterocycles. The van der Waals surface area contributed by atoms with Gasteiger partial charge in [0.1, 0.15) is 17.8 Å². The van der Waals surface area contributed by atoms with Crippen molar-refractivity contribution in [2.75, 3.05) is 6.61 Å². The van der Waals surface area contributed by atoms with Crippen LogP contribution in [0.2, 0.25) is 0 Å². The first-order chi connectivity index (χ1) is 11.2. The maximum absolute atomic E-state index is 13.8. The molecule has 4 heteroatoms. The summed E-state index contributed by atoms with van der Waals surface area (Å²) in [6.45, 7) is 8.43. The third kappa shape index (κ3) is 1.32. The maximum atomic E-state index is 13.8. The van der Waals surface area contributed by atoms with Crippen molar-refractivity contribution < 1.29 is 19.7 Å². The van der Waals surface area contributed by atoms with E-state index in [0.29, 0.717) is 17.4 Å². The van der Waals surface area contributed by atoms with E-state index in [0.717, 1.165) is 12.0 Å². The van der Waals surface area contributed by atoms with E-state index in [2.05, 4.69) is 26.8 Å². The second-order valence-corrected chi connectivity index (χ2v) is 9.33. The van der Waals surface area contributed by atoms with Gasteiger partial charge in [-0.05, 0) is 47.7 Å². The summed E-state index contributed by atoms with van der Waals surface area (Å²) < 4.78 is 6.06. The zero-order chi connectivity index (χ0) is 17.2. The number of rotatable bonds is 1. The van der Waals surface area contributed by atoms with Gasteiger partial charge in [0.25, 0.3) is 0 Å². The van der Waals surface area contributed by atoms with Gasteiger partial charge >= 0.3 is 0 Å². The molecule has 5 aliphatic rings. The van der Waals surface area contributed by atoms with Gasteiger partial charge in [0.2, 0.25) is 0 Å². The van der Waals surface area contributed by atoms with E-state index in [1.54, 1.807) is 0 Å². The second-order valence-electron chi connectivity index (χ2n) is 9.33. The Morgan fingerprint density at radius 3 is 2.71 bits per heavy atom. The molecule has 130 valence electrons. The smallest absolute Gasteiger partial charge is 0.153 e. The van der Waals surface area contributed by atoms with Crippen LogP contribution in [0.4, 0.5) is 0 Å². The minimum atomic E-state index is -0.906. The molecule has 0 unspecified atom stereocenters. The van der Waals surface area contributed by atoms with Crippen LogP contribution in [0.3, 0.4) is 0 Å². The van der Waals surface area contributed by atoms with E-state index in [1.165, 1.54) is 0 Å². The van der Waals surface area contributed by atoms with Gasteiger partial charge in [0, 0.05) is 5.92 Å². The first kappa shape index (κ1) is 15.3. The minimum Gasteiger partial charge on any atom is -0.392 e. The van der Waals surface area contributed by atoms with E-state index in [4.69, 9.17) is 4.74 Å². The average Bonchev–Trinajstić information content (AvgIpc) is 3.37. The van der Waals surface area contributed by atoms with Crippen LogP contribution < -0.4 is 0 Å². The molecule has 0 aromatic heterocycles. The molecule has 0 aromatic carbocycles. The van der Waals surface area contributed by atoms with Crippen molar-refractivity contribution in [1.82, 2.24) is 0 Å². The molecule has 2 spiro atoms. The van der Waals surface area contributed by atoms with Gasteiger partial charge in [0.05, 0.1) is 12.0 Å². The highest BCUT2D eigenvalue weighted by molar-refractivity contribution is 5.96. The number of allylic oxidation sites excluding steroid dienone is 1. The van der Waals surface area contributed by atoms with Crippen molar-refractivity contribution in [3.05, 3.63) is 23.3 Å². The Bertz CT molecular complexity index is 719. The summed E-state index contributed by atoms with van der Waals surface area (Å²) in [5, 5.41) is 21.0. The van der Waals surface area contributed by atoms with Crippen LogP contribution in [-0.4, -0.2) is 40.4 Å². The molecular weight excluding hydrogens is 304 g/mol. The summed E-state index contributed by atoms with van der Waals surface area (Å²) >= 11 is 0. The number of hydrogen-bond acceptors (Lipinski definition) is 4. The molecule has 2 saturated carbocycles. The molecule has 2 N–H and O–H groups in total. The highest BCUT2D eigenvalue weighted by Crippen LogP contribution is 2.75. The first-order valence-electron chi connectivity index (χ1n) is 9.14. The summed E-state index contributed by atoms with van der Waals surface area (Å²) in [5.74, 6) is 0.943. The van der Waals surface area contributed by atoms with Crippen LogP contribution in [0.5, 0.6) is 0 Å². The number of ether oxygens (including phenoxy) is 1. The highest BCUT2D eigenvalue weighted by Gasteiger charge is 2.83. The van der Waals surface area contributed by atoms with Crippen molar-refractivity contribution >= 4 is 5.78 Å². The number of hydrogen-bond donors (Lipinski definition) is 2. The molecule has 24 heavy (non-hydrogen) atoms. The van der Waals surface area contributed by atoms with Crippen LogP contribution in [0.1, 0.15) is 34.1 Å². The van der Waals surface area contributed by atoms with E-state index >= 15 is 0 Å². The topological polar surface area (TPSA) is 70.1 Å². The van der Waals surface area contributed by atoms with Crippen LogP contribution >= 0.6 is 0 Å². The molecule has 1 aliphatic heterocycles. The molecule has 8 atom stereocenters. The Morgan fingerprint density at radius 1 is 1.38 bits per heavy atom. The standard InChI is InChI=1S/C20H26O4/c1-9-7-19-10(2)5-13-14(18(13,3)4)12(16(19)23)6-11(8-21)15(22)20(19)17(9)24-20/h6-7,10,12-15,17,21-22H,5,8H2,1-4H3/t10-,12+,13-,14+,15-,17+,19+,20+/m1/s1. The number of fused-ring (bicyclic) bond motifs is 3. The molecule has 2 bridgehead atoms. The number of Topliss-reactive ketones (excluding diaryl/α,β-unsaturated/α-hetero) is 1. The minimum absolute atomic E-state index is 0.132. The van der Waals surface area contributed by atoms with Crippen molar-refractivity contribution in [3.8, 4) is 0 Å². The predicted molar refractivity (Wildman–Crippen MR) is 88.0 cm³/mol. The second kappa shape index (κ2) is 4.05. The molecule has 5 rings (SSSR count). The van der Waals surface area contributed by atoms with Gasteiger partial charge in [-0.25, -0.2) is 0 Å². The SMILES string of the molecule is CC1=C[C@]23C(=O)[C@@H](C=C(CO)[C@@H](O)[C@@]24O[C@@H]14)[C@H]1[C@@H](C[C@H]3C)C1(C)C. The lowest BCUT2D eigenvalue weighted by Gasteiger charge is -2.40. The molecule has 4 aliphatic carbocycles. The third-order valence-corrected chi connectivity index (χ3v) is 8.12. The Morgan fingerprint density at radius 2 is 2.08 bits per heavy atom. The lowest BCUT2D eigenvalue weighted by molar-refractivity contribution is -0.138.